The molecule has 0 amide bonds. The van der Waals surface area contributed by atoms with Crippen LogP contribution in [0.1, 0.15) is 18.9 Å². The van der Waals surface area contributed by atoms with E-state index in [9.17, 15) is 4.79 Å². The van der Waals surface area contributed by atoms with Gasteiger partial charge in [0.1, 0.15) is 0 Å². The van der Waals surface area contributed by atoms with Crippen molar-refractivity contribution >= 4 is 33.5 Å². The monoisotopic (exact) mass is 304 g/mol. The molecule has 0 aliphatic carbocycles. The van der Waals surface area contributed by atoms with Crippen LogP contribution in [0.25, 0.3) is 0 Å². The van der Waals surface area contributed by atoms with Crippen LogP contribution in [0.5, 0.6) is 0 Å². The van der Waals surface area contributed by atoms with Gasteiger partial charge in [0.25, 0.3) is 0 Å². The zero-order valence-electron chi connectivity index (χ0n) is 9.08. The quantitative estimate of drug-likeness (QED) is 0.614. The zero-order valence-corrected chi connectivity index (χ0v) is 11.4. The average molecular weight is 306 g/mol. The van der Waals surface area contributed by atoms with Gasteiger partial charge in [-0.25, -0.2) is 0 Å². The summed E-state index contributed by atoms with van der Waals surface area (Å²) in [5, 5.41) is -0.208. The third-order valence-corrected chi connectivity index (χ3v) is 2.90. The Kier molecular flexibility index (Phi) is 5.85. The fourth-order valence-corrected chi connectivity index (χ4v) is 1.92. The molecule has 0 heterocycles. The van der Waals surface area contributed by atoms with Crippen LogP contribution in [0, 0.1) is 0 Å². The van der Waals surface area contributed by atoms with Gasteiger partial charge in [0.15, 0.2) is 0 Å². The number of carbonyl (C=O) groups excluding carboxylic acids is 1. The summed E-state index contributed by atoms with van der Waals surface area (Å²) in [5.41, 5.74) is 1.12. The highest BCUT2D eigenvalue weighted by Gasteiger charge is 2.12. The summed E-state index contributed by atoms with van der Waals surface area (Å²) < 4.78 is 5.87. The molecule has 0 aliphatic rings. The third kappa shape index (κ3) is 4.99. The highest BCUT2D eigenvalue weighted by molar-refractivity contribution is 9.10. The van der Waals surface area contributed by atoms with Crippen LogP contribution < -0.4 is 0 Å². The fourth-order valence-electron chi connectivity index (χ4n) is 1.35. The van der Waals surface area contributed by atoms with Crippen LogP contribution in [-0.4, -0.2) is 18.0 Å². The van der Waals surface area contributed by atoms with Gasteiger partial charge in [-0.1, -0.05) is 28.1 Å². The lowest BCUT2D eigenvalue weighted by atomic mass is 10.1. The number of hydrogen-bond donors (Lipinski definition) is 0. The molecule has 1 unspecified atom stereocenters. The molecule has 88 valence electrons. The molecule has 0 fully saturated rings. The van der Waals surface area contributed by atoms with E-state index in [-0.39, 0.29) is 17.8 Å². The van der Waals surface area contributed by atoms with Gasteiger partial charge in [-0.15, -0.1) is 11.6 Å². The van der Waals surface area contributed by atoms with Crippen LogP contribution in [0.3, 0.4) is 0 Å². The van der Waals surface area contributed by atoms with E-state index in [0.717, 1.165) is 10.0 Å². The first-order chi connectivity index (χ1) is 7.61. The van der Waals surface area contributed by atoms with Gasteiger partial charge in [-0.2, -0.15) is 0 Å². The normalized spacial score (nSPS) is 12.2. The summed E-state index contributed by atoms with van der Waals surface area (Å²) in [6.45, 7) is 2.19. The molecule has 0 N–H and O–H groups in total. The first kappa shape index (κ1) is 13.5. The van der Waals surface area contributed by atoms with Crippen molar-refractivity contribution in [2.75, 3.05) is 6.61 Å². The number of halogens is 2. The molecule has 0 saturated heterocycles. The smallest absolute Gasteiger partial charge is 0.307 e. The van der Waals surface area contributed by atoms with Crippen LogP contribution in [0.4, 0.5) is 0 Å². The first-order valence-electron chi connectivity index (χ1n) is 5.16. The van der Waals surface area contributed by atoms with E-state index in [2.05, 4.69) is 15.9 Å². The lowest BCUT2D eigenvalue weighted by Crippen LogP contribution is -2.13. The summed E-state index contributed by atoms with van der Waals surface area (Å²) in [5.74, 6) is -0.236. The van der Waals surface area contributed by atoms with Crippen LogP contribution in [0.15, 0.2) is 28.7 Å². The Labute approximate surface area is 109 Å². The Balaban J connectivity index is 2.42. The molecule has 16 heavy (non-hydrogen) atoms. The van der Waals surface area contributed by atoms with Crippen molar-refractivity contribution in [3.05, 3.63) is 34.3 Å². The lowest BCUT2D eigenvalue weighted by molar-refractivity contribution is -0.143. The number of alkyl halides is 1. The number of rotatable bonds is 5. The minimum absolute atomic E-state index is 0.208. The fraction of sp³-hybridized carbons (Fsp3) is 0.417. The molecule has 0 aliphatic heterocycles. The van der Waals surface area contributed by atoms with E-state index >= 15 is 0 Å². The SMILES string of the molecule is CCOC(=O)CC(Cl)Cc1ccc(Br)cc1. The maximum Gasteiger partial charge on any atom is 0.307 e. The predicted molar refractivity (Wildman–Crippen MR) is 68.7 cm³/mol. The Morgan fingerprint density at radius 2 is 2.06 bits per heavy atom. The summed E-state index contributed by atoms with van der Waals surface area (Å²) in [6, 6.07) is 7.90. The number of esters is 1. The molecule has 1 aromatic rings. The molecular formula is C12H14BrClO2. The minimum Gasteiger partial charge on any atom is -0.466 e. The highest BCUT2D eigenvalue weighted by Crippen LogP contribution is 2.15. The summed E-state index contributed by atoms with van der Waals surface area (Å²) in [6.07, 6.45) is 0.930. The standard InChI is InChI=1S/C12H14BrClO2/c1-2-16-12(15)8-11(14)7-9-3-5-10(13)6-4-9/h3-6,11H,2,7-8H2,1H3. The van der Waals surface area contributed by atoms with Gasteiger partial charge in [-0.05, 0) is 31.0 Å². The third-order valence-electron chi connectivity index (χ3n) is 2.06. The Hall–Kier alpha value is -0.540. The first-order valence-corrected chi connectivity index (χ1v) is 6.39. The second-order valence-corrected chi connectivity index (χ2v) is 4.97. The molecule has 1 rings (SSSR count). The Bertz CT molecular complexity index is 337. The molecule has 1 aromatic carbocycles. The van der Waals surface area contributed by atoms with Crippen molar-refractivity contribution < 1.29 is 9.53 Å². The second kappa shape index (κ2) is 6.92. The van der Waals surface area contributed by atoms with E-state index in [1.807, 2.05) is 24.3 Å². The van der Waals surface area contributed by atoms with Gasteiger partial charge in [0.2, 0.25) is 0 Å². The number of benzene rings is 1. The number of ether oxygens (including phenoxy) is 1. The summed E-state index contributed by atoms with van der Waals surface area (Å²) >= 11 is 9.44. The predicted octanol–water partition coefficient (Wildman–Crippen LogP) is 3.55. The molecule has 0 saturated carbocycles. The Morgan fingerprint density at radius 1 is 1.44 bits per heavy atom. The van der Waals surface area contributed by atoms with Crippen molar-refractivity contribution in [1.82, 2.24) is 0 Å². The molecule has 0 spiro atoms. The van der Waals surface area contributed by atoms with Gasteiger partial charge in [-0.3, -0.25) is 4.79 Å². The zero-order chi connectivity index (χ0) is 12.0. The van der Waals surface area contributed by atoms with Crippen LogP contribution >= 0.6 is 27.5 Å². The van der Waals surface area contributed by atoms with Gasteiger partial charge < -0.3 is 4.74 Å². The van der Waals surface area contributed by atoms with E-state index < -0.39 is 0 Å². The molecular weight excluding hydrogens is 291 g/mol. The van der Waals surface area contributed by atoms with Gasteiger partial charge >= 0.3 is 5.97 Å². The molecule has 0 aromatic heterocycles. The maximum absolute atomic E-state index is 11.2. The van der Waals surface area contributed by atoms with E-state index in [0.29, 0.717) is 13.0 Å². The van der Waals surface area contributed by atoms with Crippen LogP contribution in [0.2, 0.25) is 0 Å². The highest BCUT2D eigenvalue weighted by atomic mass is 79.9. The maximum atomic E-state index is 11.2. The van der Waals surface area contributed by atoms with Gasteiger partial charge in [0, 0.05) is 9.85 Å². The lowest BCUT2D eigenvalue weighted by Gasteiger charge is -2.08. The van der Waals surface area contributed by atoms with Crippen molar-refractivity contribution in [3.8, 4) is 0 Å². The second-order valence-electron chi connectivity index (χ2n) is 3.44. The van der Waals surface area contributed by atoms with Crippen molar-refractivity contribution in [3.63, 3.8) is 0 Å². The average Bonchev–Trinajstić information content (AvgIpc) is 2.21. The Morgan fingerprint density at radius 3 is 2.62 bits per heavy atom. The van der Waals surface area contributed by atoms with Crippen molar-refractivity contribution in [2.24, 2.45) is 0 Å². The molecule has 4 heteroatoms. The molecule has 1 atom stereocenters. The molecule has 0 bridgehead atoms. The van der Waals surface area contributed by atoms with Crippen molar-refractivity contribution in [1.29, 1.82) is 0 Å². The topological polar surface area (TPSA) is 26.3 Å². The van der Waals surface area contributed by atoms with Crippen LogP contribution in [-0.2, 0) is 16.0 Å². The minimum atomic E-state index is -0.236. The molecule has 0 radical (unpaired) electrons. The van der Waals surface area contributed by atoms with Gasteiger partial charge in [0.05, 0.1) is 13.0 Å². The largest absolute Gasteiger partial charge is 0.466 e. The van der Waals surface area contributed by atoms with E-state index in [4.69, 9.17) is 16.3 Å². The number of hydrogen-bond acceptors (Lipinski definition) is 2. The van der Waals surface area contributed by atoms with E-state index in [1.165, 1.54) is 0 Å². The number of carbonyl (C=O) groups is 1. The molecule has 2 nitrogen and oxygen atoms in total. The van der Waals surface area contributed by atoms with E-state index in [1.54, 1.807) is 6.92 Å². The summed E-state index contributed by atoms with van der Waals surface area (Å²) in [4.78, 5) is 11.2. The summed E-state index contributed by atoms with van der Waals surface area (Å²) in [7, 11) is 0. The van der Waals surface area contributed by atoms with Crippen molar-refractivity contribution in [2.45, 2.75) is 25.1 Å².